The van der Waals surface area contributed by atoms with Gasteiger partial charge in [-0.3, -0.25) is 14.3 Å². The molecule has 0 atom stereocenters. The Morgan fingerprint density at radius 2 is 2.03 bits per heavy atom. The smallest absolute Gasteiger partial charge is 0.279 e. The summed E-state index contributed by atoms with van der Waals surface area (Å²) < 4.78 is 2.71. The van der Waals surface area contributed by atoms with Crippen molar-refractivity contribution < 1.29 is 9.90 Å². The monoisotopic (exact) mass is 516 g/mol. The van der Waals surface area contributed by atoms with Crippen LogP contribution in [0.4, 0.5) is 5.69 Å². The molecule has 0 radical (unpaired) electrons. The van der Waals surface area contributed by atoms with Gasteiger partial charge >= 0.3 is 0 Å². The fourth-order valence-corrected chi connectivity index (χ4v) is 5.83. The van der Waals surface area contributed by atoms with Crippen molar-refractivity contribution in [2.45, 2.75) is 38.1 Å². The van der Waals surface area contributed by atoms with Crippen molar-refractivity contribution in [2.24, 2.45) is 9.98 Å². The van der Waals surface area contributed by atoms with Gasteiger partial charge in [0.05, 0.1) is 21.6 Å². The van der Waals surface area contributed by atoms with Crippen molar-refractivity contribution in [1.29, 1.82) is 0 Å². The van der Waals surface area contributed by atoms with E-state index in [1.165, 1.54) is 17.8 Å². The Kier molecular flexibility index (Phi) is 5.54. The molecule has 9 heteroatoms. The van der Waals surface area contributed by atoms with E-state index in [4.69, 9.17) is 16.6 Å². The molecule has 158 valence electrons. The Bertz CT molecular complexity index is 1390. The Morgan fingerprint density at radius 3 is 2.81 bits per heavy atom. The van der Waals surface area contributed by atoms with Gasteiger partial charge in [0, 0.05) is 28.1 Å². The van der Waals surface area contributed by atoms with Gasteiger partial charge in [0.2, 0.25) is 5.88 Å². The first kappa shape index (κ1) is 20.6. The molecule has 1 N–H and O–H groups in total. The van der Waals surface area contributed by atoms with Gasteiger partial charge in [0.25, 0.3) is 5.91 Å². The molecule has 1 fully saturated rings. The molecule has 5 rings (SSSR count). The van der Waals surface area contributed by atoms with Crippen LogP contribution < -0.4 is 15.4 Å². The lowest BCUT2D eigenvalue weighted by molar-refractivity contribution is -0.112. The first-order valence-corrected chi connectivity index (χ1v) is 12.0. The number of rotatable bonds is 3. The molecule has 0 saturated heterocycles. The Labute approximate surface area is 195 Å². The lowest BCUT2D eigenvalue weighted by Gasteiger charge is -2.23. The summed E-state index contributed by atoms with van der Waals surface area (Å²) >= 11 is 11.0. The van der Waals surface area contributed by atoms with Crippen molar-refractivity contribution in [2.75, 3.05) is 0 Å². The van der Waals surface area contributed by atoms with Crippen LogP contribution in [0.15, 0.2) is 51.1 Å². The highest BCUT2D eigenvalue weighted by Gasteiger charge is 2.29. The van der Waals surface area contributed by atoms with Crippen LogP contribution in [0.5, 0.6) is 5.88 Å². The van der Waals surface area contributed by atoms with Gasteiger partial charge < -0.3 is 5.11 Å². The highest BCUT2D eigenvalue weighted by atomic mass is 79.9. The third-order valence-corrected chi connectivity index (χ3v) is 7.47. The second-order valence-electron chi connectivity index (χ2n) is 7.59. The SMILES string of the molecule is O=C1N=c2ccc(Br)cc2=C1c1sc(=Nc2ccncc2Cl)n(C2CCCCC2)c1O. The van der Waals surface area contributed by atoms with Crippen molar-refractivity contribution in [3.05, 3.63) is 66.4 Å². The maximum absolute atomic E-state index is 12.8. The zero-order valence-electron chi connectivity index (χ0n) is 16.4. The molecule has 3 heterocycles. The summed E-state index contributed by atoms with van der Waals surface area (Å²) in [6.45, 7) is 0. The molecule has 0 bridgehead atoms. The summed E-state index contributed by atoms with van der Waals surface area (Å²) in [6, 6.07) is 7.36. The maximum atomic E-state index is 12.8. The second-order valence-corrected chi connectivity index (χ2v) is 9.89. The van der Waals surface area contributed by atoms with E-state index in [2.05, 4.69) is 25.9 Å². The molecule has 2 aliphatic rings. The number of hydrogen-bond acceptors (Lipinski definition) is 5. The molecule has 3 aromatic rings. The second kappa shape index (κ2) is 8.33. The summed E-state index contributed by atoms with van der Waals surface area (Å²) in [6.07, 6.45) is 8.46. The molecule has 1 aliphatic heterocycles. The van der Waals surface area contributed by atoms with Crippen LogP contribution in [0.1, 0.15) is 43.0 Å². The number of halogens is 2. The minimum absolute atomic E-state index is 0.0622. The summed E-state index contributed by atoms with van der Waals surface area (Å²) in [5.74, 6) is -0.291. The Hall–Kier alpha value is -2.29. The largest absolute Gasteiger partial charge is 0.493 e. The fraction of sp³-hybridized carbons (Fsp3) is 0.273. The van der Waals surface area contributed by atoms with Gasteiger partial charge in [0.1, 0.15) is 4.88 Å². The number of pyridine rings is 1. The van der Waals surface area contributed by atoms with Crippen LogP contribution in [0.3, 0.4) is 0 Å². The number of hydrogen-bond donors (Lipinski definition) is 1. The first-order valence-electron chi connectivity index (χ1n) is 10.0. The van der Waals surface area contributed by atoms with Crippen LogP contribution in [-0.4, -0.2) is 20.6 Å². The molecule has 0 unspecified atom stereocenters. The number of aromatic hydroxyl groups is 1. The third-order valence-electron chi connectivity index (χ3n) is 5.63. The zero-order valence-corrected chi connectivity index (χ0v) is 19.5. The van der Waals surface area contributed by atoms with E-state index in [1.54, 1.807) is 24.5 Å². The molecular formula is C22H18BrClN4O2S. The first-order chi connectivity index (χ1) is 15.0. The highest BCUT2D eigenvalue weighted by Crippen LogP contribution is 2.36. The van der Waals surface area contributed by atoms with Crippen molar-refractivity contribution in [1.82, 2.24) is 9.55 Å². The minimum atomic E-state index is -0.353. The van der Waals surface area contributed by atoms with E-state index in [-0.39, 0.29) is 17.8 Å². The van der Waals surface area contributed by atoms with E-state index >= 15 is 0 Å². The molecule has 1 aromatic carbocycles. The van der Waals surface area contributed by atoms with E-state index < -0.39 is 0 Å². The quantitative estimate of drug-likeness (QED) is 0.566. The van der Waals surface area contributed by atoms with Crippen LogP contribution >= 0.6 is 38.9 Å². The van der Waals surface area contributed by atoms with Gasteiger partial charge in [-0.05, 0) is 37.1 Å². The standard InChI is InChI=1S/C22H18BrClN4O2S/c23-12-6-7-16-14(10-12)18(20(29)26-16)19-21(30)28(13-4-2-1-3-5-13)22(31-19)27-17-8-9-25-11-15(17)24/h6-11,13,30H,1-5H2. The summed E-state index contributed by atoms with van der Waals surface area (Å²) in [5, 5.41) is 13.1. The highest BCUT2D eigenvalue weighted by molar-refractivity contribution is 9.10. The van der Waals surface area contributed by atoms with Crippen LogP contribution in [0.2, 0.25) is 5.02 Å². The summed E-state index contributed by atoms with van der Waals surface area (Å²) in [4.78, 5) is 26.8. The number of fused-ring (bicyclic) bond motifs is 1. The number of aromatic nitrogens is 2. The van der Waals surface area contributed by atoms with Gasteiger partial charge in [0.15, 0.2) is 4.80 Å². The van der Waals surface area contributed by atoms with Gasteiger partial charge in [-0.15, -0.1) is 0 Å². The maximum Gasteiger partial charge on any atom is 0.279 e. The average Bonchev–Trinajstić information content (AvgIpc) is 3.25. The lowest BCUT2D eigenvalue weighted by Crippen LogP contribution is -2.23. The van der Waals surface area contributed by atoms with E-state index in [0.29, 0.717) is 36.5 Å². The number of benzene rings is 1. The van der Waals surface area contributed by atoms with Gasteiger partial charge in [-0.1, -0.05) is 58.1 Å². The van der Waals surface area contributed by atoms with E-state index in [0.717, 1.165) is 30.2 Å². The number of carbonyl (C=O) groups excluding carboxylic acids is 1. The summed E-state index contributed by atoms with van der Waals surface area (Å²) in [5.41, 5.74) is 0.982. The van der Waals surface area contributed by atoms with Crippen molar-refractivity contribution in [3.8, 4) is 5.88 Å². The van der Waals surface area contributed by atoms with Crippen LogP contribution in [0, 0.1) is 0 Å². The number of amides is 1. The molecular weight excluding hydrogens is 500 g/mol. The normalized spacial score (nSPS) is 17.2. The lowest BCUT2D eigenvalue weighted by atomic mass is 9.95. The average molecular weight is 518 g/mol. The molecule has 6 nitrogen and oxygen atoms in total. The van der Waals surface area contributed by atoms with E-state index in [1.807, 2.05) is 16.7 Å². The number of thiazole rings is 1. The summed E-state index contributed by atoms with van der Waals surface area (Å²) in [7, 11) is 0. The van der Waals surface area contributed by atoms with Crippen molar-refractivity contribution >= 4 is 56.0 Å². The number of carbonyl (C=O) groups is 1. The van der Waals surface area contributed by atoms with Crippen LogP contribution in [0.25, 0.3) is 5.57 Å². The molecule has 31 heavy (non-hydrogen) atoms. The Morgan fingerprint density at radius 1 is 1.23 bits per heavy atom. The molecule has 0 spiro atoms. The predicted molar refractivity (Wildman–Crippen MR) is 123 cm³/mol. The molecule has 1 saturated carbocycles. The predicted octanol–water partition coefficient (Wildman–Crippen LogP) is 4.16. The minimum Gasteiger partial charge on any atom is -0.493 e. The topological polar surface area (TPSA) is 79.8 Å². The third kappa shape index (κ3) is 3.77. The van der Waals surface area contributed by atoms with Gasteiger partial charge in [-0.2, -0.15) is 0 Å². The molecule has 1 aliphatic carbocycles. The van der Waals surface area contributed by atoms with Gasteiger partial charge in [-0.25, -0.2) is 9.98 Å². The molecule has 2 aromatic heterocycles. The number of nitrogens with zero attached hydrogens (tertiary/aromatic N) is 4. The molecule has 1 amide bonds. The van der Waals surface area contributed by atoms with Crippen molar-refractivity contribution in [3.63, 3.8) is 0 Å². The van der Waals surface area contributed by atoms with E-state index in [9.17, 15) is 9.90 Å². The zero-order chi connectivity index (χ0) is 21.5. The Balaban J connectivity index is 1.78. The fourth-order valence-electron chi connectivity index (χ4n) is 4.16. The van der Waals surface area contributed by atoms with Crippen LogP contribution in [-0.2, 0) is 4.79 Å².